The van der Waals surface area contributed by atoms with Gasteiger partial charge in [0.25, 0.3) is 0 Å². The minimum atomic E-state index is 0.0921. The van der Waals surface area contributed by atoms with E-state index in [1.807, 2.05) is 21.8 Å². The smallest absolute Gasteiger partial charge is 0.225 e. The molecule has 7 heteroatoms. The molecule has 0 spiro atoms. The van der Waals surface area contributed by atoms with Gasteiger partial charge in [0.2, 0.25) is 5.91 Å². The van der Waals surface area contributed by atoms with Crippen LogP contribution in [0.2, 0.25) is 0 Å². The summed E-state index contributed by atoms with van der Waals surface area (Å²) in [6, 6.07) is 1.98. The van der Waals surface area contributed by atoms with Gasteiger partial charge in [-0.15, -0.1) is 10.2 Å². The van der Waals surface area contributed by atoms with E-state index in [9.17, 15) is 4.79 Å². The summed E-state index contributed by atoms with van der Waals surface area (Å²) in [5.74, 6) is 2.29. The molecule has 4 rings (SSSR count). The van der Waals surface area contributed by atoms with Crippen LogP contribution < -0.4 is 0 Å². The van der Waals surface area contributed by atoms with E-state index in [1.165, 1.54) is 19.3 Å². The van der Waals surface area contributed by atoms with Gasteiger partial charge in [0, 0.05) is 44.9 Å². The third kappa shape index (κ3) is 2.95. The molecule has 0 radical (unpaired) electrons. The number of aryl methyl sites for hydroxylation is 2. The topological polar surface area (TPSA) is 68.8 Å². The van der Waals surface area contributed by atoms with Gasteiger partial charge in [-0.1, -0.05) is 6.42 Å². The molecule has 0 saturated carbocycles. The second-order valence-electron chi connectivity index (χ2n) is 6.70. The van der Waals surface area contributed by atoms with Crippen molar-refractivity contribution in [3.05, 3.63) is 30.1 Å². The highest BCUT2D eigenvalue weighted by molar-refractivity contribution is 5.76. The molecule has 0 aliphatic carbocycles. The molecule has 4 heterocycles. The lowest BCUT2D eigenvalue weighted by Crippen LogP contribution is -2.32. The predicted octanol–water partition coefficient (Wildman–Crippen LogP) is 1.95. The summed E-state index contributed by atoms with van der Waals surface area (Å²) in [5, 5.41) is 13.0. The standard InChI is InChI=1S/C17H24N6O/c24-16(8-13-21-10-5-9-18-21)22-12-4-6-14(22)17-20-19-15-7-2-1-3-11-23(15)17/h5,9-10,14H,1-4,6-8,11-13H2/t14-/m0/s1. The molecule has 1 fully saturated rings. The molecule has 128 valence electrons. The molecule has 2 aromatic heterocycles. The van der Waals surface area contributed by atoms with Crippen LogP contribution in [0.5, 0.6) is 0 Å². The van der Waals surface area contributed by atoms with Crippen LogP contribution in [0.1, 0.15) is 56.2 Å². The summed E-state index contributed by atoms with van der Waals surface area (Å²) in [5.41, 5.74) is 0. The fourth-order valence-corrected chi connectivity index (χ4v) is 3.87. The van der Waals surface area contributed by atoms with Gasteiger partial charge in [-0.2, -0.15) is 5.10 Å². The molecule has 0 N–H and O–H groups in total. The van der Waals surface area contributed by atoms with Crippen LogP contribution >= 0.6 is 0 Å². The number of aromatic nitrogens is 5. The van der Waals surface area contributed by atoms with E-state index in [0.29, 0.717) is 13.0 Å². The number of hydrogen-bond donors (Lipinski definition) is 0. The molecular weight excluding hydrogens is 304 g/mol. The van der Waals surface area contributed by atoms with Crippen LogP contribution in [-0.4, -0.2) is 41.9 Å². The average Bonchev–Trinajstić information content (AvgIpc) is 3.31. The van der Waals surface area contributed by atoms with Crippen molar-refractivity contribution >= 4 is 5.91 Å². The number of carbonyl (C=O) groups excluding carboxylic acids is 1. The van der Waals surface area contributed by atoms with Crippen LogP contribution in [0.3, 0.4) is 0 Å². The number of fused-ring (bicyclic) bond motifs is 1. The first-order chi connectivity index (χ1) is 11.8. The SMILES string of the molecule is O=C(CCn1cccn1)N1CCC[C@H]1c1nnc2n1CCCCC2. The zero-order valence-corrected chi connectivity index (χ0v) is 14.0. The van der Waals surface area contributed by atoms with Crippen molar-refractivity contribution < 1.29 is 4.79 Å². The van der Waals surface area contributed by atoms with E-state index >= 15 is 0 Å². The number of amides is 1. The van der Waals surface area contributed by atoms with Gasteiger partial charge >= 0.3 is 0 Å². The fourth-order valence-electron chi connectivity index (χ4n) is 3.87. The summed E-state index contributed by atoms with van der Waals surface area (Å²) < 4.78 is 4.09. The molecule has 0 unspecified atom stereocenters. The Morgan fingerprint density at radius 1 is 1.17 bits per heavy atom. The third-order valence-electron chi connectivity index (χ3n) is 5.12. The lowest BCUT2D eigenvalue weighted by atomic mass is 10.2. The fraction of sp³-hybridized carbons (Fsp3) is 0.647. The predicted molar refractivity (Wildman–Crippen MR) is 88.1 cm³/mol. The van der Waals surface area contributed by atoms with Gasteiger partial charge in [0.15, 0.2) is 5.82 Å². The first kappa shape index (κ1) is 15.4. The Hall–Kier alpha value is -2.18. The zero-order chi connectivity index (χ0) is 16.4. The molecule has 1 atom stereocenters. The van der Waals surface area contributed by atoms with Crippen LogP contribution in [-0.2, 0) is 24.3 Å². The Labute approximate surface area is 141 Å². The number of nitrogens with zero attached hydrogens (tertiary/aromatic N) is 6. The number of hydrogen-bond acceptors (Lipinski definition) is 4. The van der Waals surface area contributed by atoms with Crippen LogP contribution in [0.15, 0.2) is 18.5 Å². The normalized spacial score (nSPS) is 20.8. The number of carbonyl (C=O) groups is 1. The maximum atomic E-state index is 12.7. The quantitative estimate of drug-likeness (QED) is 0.860. The van der Waals surface area contributed by atoms with Crippen molar-refractivity contribution in [3.8, 4) is 0 Å². The summed E-state index contributed by atoms with van der Waals surface area (Å²) in [6.07, 6.45) is 10.8. The summed E-state index contributed by atoms with van der Waals surface area (Å²) in [6.45, 7) is 2.45. The van der Waals surface area contributed by atoms with Crippen molar-refractivity contribution in [2.24, 2.45) is 0 Å². The monoisotopic (exact) mass is 328 g/mol. The lowest BCUT2D eigenvalue weighted by Gasteiger charge is -2.24. The van der Waals surface area contributed by atoms with E-state index in [1.54, 1.807) is 6.20 Å². The first-order valence-electron chi connectivity index (χ1n) is 9.02. The van der Waals surface area contributed by atoms with Gasteiger partial charge in [0.05, 0.1) is 6.04 Å². The van der Waals surface area contributed by atoms with Crippen molar-refractivity contribution in [1.29, 1.82) is 0 Å². The Morgan fingerprint density at radius 2 is 2.12 bits per heavy atom. The Morgan fingerprint density at radius 3 is 3.00 bits per heavy atom. The molecule has 2 aromatic rings. The van der Waals surface area contributed by atoms with E-state index in [-0.39, 0.29) is 11.9 Å². The average molecular weight is 328 g/mol. The van der Waals surface area contributed by atoms with Gasteiger partial charge < -0.3 is 9.47 Å². The summed E-state index contributed by atoms with van der Waals surface area (Å²) in [4.78, 5) is 14.7. The molecular formula is C17H24N6O. The summed E-state index contributed by atoms with van der Waals surface area (Å²) in [7, 11) is 0. The Kier molecular flexibility index (Phi) is 4.32. The molecule has 1 amide bonds. The molecule has 0 bridgehead atoms. The van der Waals surface area contributed by atoms with E-state index in [2.05, 4.69) is 19.9 Å². The zero-order valence-electron chi connectivity index (χ0n) is 14.0. The highest BCUT2D eigenvalue weighted by Gasteiger charge is 2.34. The number of likely N-dealkylation sites (tertiary alicyclic amines) is 1. The second kappa shape index (κ2) is 6.75. The molecule has 24 heavy (non-hydrogen) atoms. The molecule has 2 aliphatic rings. The molecule has 2 aliphatic heterocycles. The van der Waals surface area contributed by atoms with E-state index < -0.39 is 0 Å². The largest absolute Gasteiger partial charge is 0.332 e. The number of rotatable bonds is 4. The maximum Gasteiger partial charge on any atom is 0.225 e. The highest BCUT2D eigenvalue weighted by Crippen LogP contribution is 2.32. The Bertz CT molecular complexity index is 692. The van der Waals surface area contributed by atoms with Gasteiger partial charge in [-0.25, -0.2) is 0 Å². The van der Waals surface area contributed by atoms with Gasteiger partial charge in [0.1, 0.15) is 5.82 Å². The highest BCUT2D eigenvalue weighted by atomic mass is 16.2. The van der Waals surface area contributed by atoms with Crippen LogP contribution in [0.4, 0.5) is 0 Å². The molecule has 0 aromatic carbocycles. The van der Waals surface area contributed by atoms with Crippen LogP contribution in [0, 0.1) is 0 Å². The minimum Gasteiger partial charge on any atom is -0.332 e. The van der Waals surface area contributed by atoms with Crippen molar-refractivity contribution in [2.45, 2.75) is 64.1 Å². The van der Waals surface area contributed by atoms with Crippen molar-refractivity contribution in [2.75, 3.05) is 6.54 Å². The van der Waals surface area contributed by atoms with E-state index in [0.717, 1.165) is 44.0 Å². The minimum absolute atomic E-state index is 0.0921. The van der Waals surface area contributed by atoms with Crippen molar-refractivity contribution in [3.63, 3.8) is 0 Å². The Balaban J connectivity index is 1.48. The van der Waals surface area contributed by atoms with E-state index in [4.69, 9.17) is 0 Å². The van der Waals surface area contributed by atoms with Gasteiger partial charge in [-0.3, -0.25) is 9.48 Å². The summed E-state index contributed by atoms with van der Waals surface area (Å²) >= 11 is 0. The van der Waals surface area contributed by atoms with Gasteiger partial charge in [-0.05, 0) is 31.7 Å². The van der Waals surface area contributed by atoms with Crippen LogP contribution in [0.25, 0.3) is 0 Å². The molecule has 7 nitrogen and oxygen atoms in total. The van der Waals surface area contributed by atoms with Crippen molar-refractivity contribution in [1.82, 2.24) is 29.4 Å². The maximum absolute atomic E-state index is 12.7. The first-order valence-corrected chi connectivity index (χ1v) is 9.02. The molecule has 1 saturated heterocycles. The lowest BCUT2D eigenvalue weighted by molar-refractivity contribution is -0.132. The second-order valence-corrected chi connectivity index (χ2v) is 6.70. The third-order valence-corrected chi connectivity index (χ3v) is 5.12.